The fourth-order valence-corrected chi connectivity index (χ4v) is 0.733. The molecular formula is C8H15F3O. The maximum Gasteiger partial charge on any atom is 0.414 e. The van der Waals surface area contributed by atoms with Crippen LogP contribution in [0.15, 0.2) is 0 Å². The molecule has 1 N–H and O–H groups in total. The highest BCUT2D eigenvalue weighted by Crippen LogP contribution is 2.28. The number of aliphatic hydroxyl groups is 1. The molecule has 0 heterocycles. The average Bonchev–Trinajstić information content (AvgIpc) is 1.78. The topological polar surface area (TPSA) is 20.2 Å². The average molecular weight is 184 g/mol. The van der Waals surface area contributed by atoms with Gasteiger partial charge < -0.3 is 5.11 Å². The molecule has 0 aliphatic carbocycles. The van der Waals surface area contributed by atoms with Crippen molar-refractivity contribution in [3.63, 3.8) is 0 Å². The van der Waals surface area contributed by atoms with E-state index in [9.17, 15) is 13.2 Å². The van der Waals surface area contributed by atoms with Crippen molar-refractivity contribution in [3.8, 4) is 0 Å². The first kappa shape index (κ1) is 11.8. The van der Waals surface area contributed by atoms with E-state index in [1.807, 2.05) is 20.8 Å². The van der Waals surface area contributed by atoms with Crippen molar-refractivity contribution in [2.24, 2.45) is 5.41 Å². The lowest BCUT2D eigenvalue weighted by Crippen LogP contribution is -2.29. The van der Waals surface area contributed by atoms with Crippen molar-refractivity contribution in [1.82, 2.24) is 0 Å². The fourth-order valence-electron chi connectivity index (χ4n) is 0.733. The summed E-state index contributed by atoms with van der Waals surface area (Å²) in [4.78, 5) is 0. The largest absolute Gasteiger partial charge is 0.414 e. The number of halogens is 3. The van der Waals surface area contributed by atoms with Crippen LogP contribution in [0.3, 0.4) is 0 Å². The molecule has 74 valence electrons. The van der Waals surface area contributed by atoms with Crippen LogP contribution < -0.4 is 0 Å². The molecule has 4 heteroatoms. The van der Waals surface area contributed by atoms with Crippen LogP contribution in [0.4, 0.5) is 13.2 Å². The highest BCUT2D eigenvalue weighted by Gasteiger charge is 2.38. The Hall–Kier alpha value is -0.250. The van der Waals surface area contributed by atoms with Gasteiger partial charge in [-0.1, -0.05) is 20.8 Å². The molecule has 12 heavy (non-hydrogen) atoms. The van der Waals surface area contributed by atoms with E-state index in [0.717, 1.165) is 0 Å². The van der Waals surface area contributed by atoms with E-state index < -0.39 is 12.3 Å². The van der Waals surface area contributed by atoms with E-state index in [0.29, 0.717) is 6.42 Å². The predicted octanol–water partition coefficient (Wildman–Crippen LogP) is 2.74. The third-order valence-electron chi connectivity index (χ3n) is 1.55. The van der Waals surface area contributed by atoms with Gasteiger partial charge in [-0.15, -0.1) is 0 Å². The van der Waals surface area contributed by atoms with Crippen LogP contribution in [0.1, 0.15) is 33.6 Å². The van der Waals surface area contributed by atoms with Crippen molar-refractivity contribution < 1.29 is 18.3 Å². The number of hydrogen-bond acceptors (Lipinski definition) is 1. The van der Waals surface area contributed by atoms with E-state index in [-0.39, 0.29) is 11.8 Å². The maximum atomic E-state index is 11.8. The minimum absolute atomic E-state index is 0.160. The van der Waals surface area contributed by atoms with Gasteiger partial charge in [-0.25, -0.2) is 0 Å². The number of rotatable bonds is 2. The summed E-state index contributed by atoms with van der Waals surface area (Å²) in [6.07, 6.45) is -6.48. The lowest BCUT2D eigenvalue weighted by Gasteiger charge is -2.21. The first-order valence-corrected chi connectivity index (χ1v) is 3.88. The standard InChI is InChI=1S/C8H15F3O/c1-7(2,3)5-4-6(12)8(9,10)11/h6,12H,4-5H2,1-3H3/t6-/m1/s1. The van der Waals surface area contributed by atoms with Crippen LogP contribution in [-0.2, 0) is 0 Å². The first-order valence-electron chi connectivity index (χ1n) is 3.88. The molecule has 1 nitrogen and oxygen atoms in total. The molecular weight excluding hydrogens is 169 g/mol. The van der Waals surface area contributed by atoms with Gasteiger partial charge in [0.25, 0.3) is 0 Å². The molecule has 0 fully saturated rings. The molecule has 0 radical (unpaired) electrons. The number of aliphatic hydroxyl groups excluding tert-OH is 1. The molecule has 0 aliphatic rings. The van der Waals surface area contributed by atoms with Gasteiger partial charge in [0.1, 0.15) is 6.10 Å². The van der Waals surface area contributed by atoms with Gasteiger partial charge in [0.2, 0.25) is 0 Å². The normalized spacial score (nSPS) is 16.2. The zero-order valence-electron chi connectivity index (χ0n) is 7.57. The van der Waals surface area contributed by atoms with Crippen molar-refractivity contribution in [3.05, 3.63) is 0 Å². The quantitative estimate of drug-likeness (QED) is 0.699. The summed E-state index contributed by atoms with van der Waals surface area (Å²) in [6.45, 7) is 5.53. The lowest BCUT2D eigenvalue weighted by atomic mass is 9.89. The highest BCUT2D eigenvalue weighted by atomic mass is 19.4. The molecule has 0 rings (SSSR count). The summed E-state index contributed by atoms with van der Waals surface area (Å²) in [7, 11) is 0. The van der Waals surface area contributed by atoms with E-state index in [1.165, 1.54) is 0 Å². The van der Waals surface area contributed by atoms with Gasteiger partial charge in [-0.05, 0) is 18.3 Å². The molecule has 0 saturated carbocycles. The predicted molar refractivity (Wildman–Crippen MR) is 40.8 cm³/mol. The molecule has 1 atom stereocenters. The van der Waals surface area contributed by atoms with Crippen LogP contribution in [0, 0.1) is 5.41 Å². The Balaban J connectivity index is 3.80. The lowest BCUT2D eigenvalue weighted by molar-refractivity contribution is -0.206. The minimum atomic E-state index is -4.47. The molecule has 0 saturated heterocycles. The van der Waals surface area contributed by atoms with Gasteiger partial charge >= 0.3 is 6.18 Å². The van der Waals surface area contributed by atoms with Crippen molar-refractivity contribution in [1.29, 1.82) is 0 Å². The van der Waals surface area contributed by atoms with Gasteiger partial charge in [0.15, 0.2) is 0 Å². The second-order valence-corrected chi connectivity index (χ2v) is 4.16. The maximum absolute atomic E-state index is 11.8. The summed E-state index contributed by atoms with van der Waals surface area (Å²) in [5, 5.41) is 8.62. The SMILES string of the molecule is CC(C)(C)CC[C@@H](O)C(F)(F)F. The Morgan fingerprint density at radius 1 is 1.17 bits per heavy atom. The first-order chi connectivity index (χ1) is 5.13. The highest BCUT2D eigenvalue weighted by molar-refractivity contribution is 4.70. The van der Waals surface area contributed by atoms with E-state index in [2.05, 4.69) is 0 Å². The zero-order chi connectivity index (χ0) is 9.99. The van der Waals surface area contributed by atoms with Gasteiger partial charge in [0, 0.05) is 0 Å². The van der Waals surface area contributed by atoms with Crippen molar-refractivity contribution in [2.75, 3.05) is 0 Å². The van der Waals surface area contributed by atoms with Gasteiger partial charge in [-0.3, -0.25) is 0 Å². The second kappa shape index (κ2) is 3.64. The monoisotopic (exact) mass is 184 g/mol. The molecule has 0 unspecified atom stereocenters. The third kappa shape index (κ3) is 5.41. The molecule has 0 aliphatic heterocycles. The Bertz CT molecular complexity index is 134. The molecule has 0 bridgehead atoms. The zero-order valence-corrected chi connectivity index (χ0v) is 7.57. The number of alkyl halides is 3. The van der Waals surface area contributed by atoms with Crippen LogP contribution in [-0.4, -0.2) is 17.4 Å². The Morgan fingerprint density at radius 2 is 1.58 bits per heavy atom. The van der Waals surface area contributed by atoms with Crippen LogP contribution in [0.25, 0.3) is 0 Å². The molecule has 0 spiro atoms. The third-order valence-corrected chi connectivity index (χ3v) is 1.55. The minimum Gasteiger partial charge on any atom is -0.384 e. The van der Waals surface area contributed by atoms with Crippen molar-refractivity contribution in [2.45, 2.75) is 45.9 Å². The smallest absolute Gasteiger partial charge is 0.384 e. The Labute approximate surface area is 70.6 Å². The Morgan fingerprint density at radius 3 is 1.83 bits per heavy atom. The van der Waals surface area contributed by atoms with E-state index in [4.69, 9.17) is 5.11 Å². The van der Waals surface area contributed by atoms with E-state index >= 15 is 0 Å². The van der Waals surface area contributed by atoms with Gasteiger partial charge in [-0.2, -0.15) is 13.2 Å². The summed E-state index contributed by atoms with van der Waals surface area (Å²) in [5.74, 6) is 0. The summed E-state index contributed by atoms with van der Waals surface area (Å²) < 4.78 is 35.3. The van der Waals surface area contributed by atoms with Crippen molar-refractivity contribution >= 4 is 0 Å². The van der Waals surface area contributed by atoms with Crippen LogP contribution in [0.2, 0.25) is 0 Å². The number of hydrogen-bond donors (Lipinski definition) is 1. The molecule has 0 aromatic rings. The fraction of sp³-hybridized carbons (Fsp3) is 1.00. The van der Waals surface area contributed by atoms with Crippen LogP contribution >= 0.6 is 0 Å². The summed E-state index contributed by atoms with van der Waals surface area (Å²) >= 11 is 0. The Kier molecular flexibility index (Phi) is 3.57. The van der Waals surface area contributed by atoms with Crippen LogP contribution in [0.5, 0.6) is 0 Å². The van der Waals surface area contributed by atoms with E-state index in [1.54, 1.807) is 0 Å². The summed E-state index contributed by atoms with van der Waals surface area (Å²) in [6, 6.07) is 0. The van der Waals surface area contributed by atoms with Gasteiger partial charge in [0.05, 0.1) is 0 Å². The molecule has 0 aromatic heterocycles. The molecule has 0 amide bonds. The second-order valence-electron chi connectivity index (χ2n) is 4.16. The summed E-state index contributed by atoms with van der Waals surface area (Å²) in [5.41, 5.74) is -0.160. The molecule has 0 aromatic carbocycles.